The Hall–Kier alpha value is -3.45. The van der Waals surface area contributed by atoms with E-state index in [-0.39, 0.29) is 5.91 Å². The number of amides is 1. The molecule has 0 aliphatic carbocycles. The molecular formula is C22H22N4O3. The van der Waals surface area contributed by atoms with Gasteiger partial charge in [0.1, 0.15) is 6.04 Å². The Morgan fingerprint density at radius 2 is 1.69 bits per heavy atom. The van der Waals surface area contributed by atoms with Crippen molar-refractivity contribution in [3.8, 4) is 0 Å². The maximum absolute atomic E-state index is 12.6. The Bertz CT molecular complexity index is 950. The molecule has 1 aliphatic heterocycles. The lowest BCUT2D eigenvalue weighted by molar-refractivity contribution is -0.117. The first-order valence-corrected chi connectivity index (χ1v) is 9.54. The zero-order valence-electron chi connectivity index (χ0n) is 15.9. The highest BCUT2D eigenvalue weighted by Gasteiger charge is 2.24. The summed E-state index contributed by atoms with van der Waals surface area (Å²) in [6.45, 7) is 2.65. The van der Waals surface area contributed by atoms with Crippen molar-refractivity contribution in [2.24, 2.45) is 0 Å². The van der Waals surface area contributed by atoms with Crippen LogP contribution in [0.1, 0.15) is 23.1 Å². The first-order chi connectivity index (χ1) is 14.3. The molecule has 1 unspecified atom stereocenters. The van der Waals surface area contributed by atoms with Crippen molar-refractivity contribution in [2.45, 2.75) is 6.04 Å². The van der Waals surface area contributed by atoms with Gasteiger partial charge >= 0.3 is 6.01 Å². The molecule has 1 N–H and O–H groups in total. The largest absolute Gasteiger partial charge is 0.405 e. The maximum atomic E-state index is 12.6. The summed E-state index contributed by atoms with van der Waals surface area (Å²) in [7, 11) is 0. The summed E-state index contributed by atoms with van der Waals surface area (Å²) in [5.74, 6) is 0.105. The van der Waals surface area contributed by atoms with E-state index in [0.29, 0.717) is 38.2 Å². The van der Waals surface area contributed by atoms with E-state index in [1.807, 2.05) is 65.6 Å². The number of benzene rings is 2. The molecule has 1 aliphatic rings. The molecule has 2 heterocycles. The molecule has 1 atom stereocenters. The van der Waals surface area contributed by atoms with Crippen LogP contribution < -0.4 is 10.2 Å². The summed E-state index contributed by atoms with van der Waals surface area (Å²) in [6.07, 6.45) is 3.27. The van der Waals surface area contributed by atoms with E-state index < -0.39 is 6.04 Å². The number of anilines is 1. The second-order valence-electron chi connectivity index (χ2n) is 6.62. The number of carbonyl (C=O) groups is 1. The van der Waals surface area contributed by atoms with Crippen molar-refractivity contribution in [1.82, 2.24) is 15.5 Å². The minimum Gasteiger partial charge on any atom is -0.405 e. The van der Waals surface area contributed by atoms with Gasteiger partial charge in [-0.25, -0.2) is 0 Å². The minimum atomic E-state index is -0.536. The summed E-state index contributed by atoms with van der Waals surface area (Å²) in [6, 6.07) is 19.2. The Kier molecular flexibility index (Phi) is 5.97. The SMILES string of the molecule is O=C(/C=C/c1ccccc1)NC(c1ccccc1)c1nnc(N2CCOCC2)o1. The third kappa shape index (κ3) is 4.89. The molecule has 1 fully saturated rings. The highest BCUT2D eigenvalue weighted by molar-refractivity contribution is 5.92. The van der Waals surface area contributed by atoms with Crippen molar-refractivity contribution in [2.75, 3.05) is 31.2 Å². The standard InChI is InChI=1S/C22H22N4O3/c27-19(12-11-17-7-3-1-4-8-17)23-20(18-9-5-2-6-10-18)21-24-25-22(29-21)26-13-15-28-16-14-26/h1-12,20H,13-16H2,(H,23,27)/b12-11+. The van der Waals surface area contributed by atoms with Gasteiger partial charge in [-0.2, -0.15) is 0 Å². The molecule has 0 saturated carbocycles. The van der Waals surface area contributed by atoms with E-state index in [4.69, 9.17) is 9.15 Å². The van der Waals surface area contributed by atoms with Gasteiger partial charge in [0, 0.05) is 19.2 Å². The van der Waals surface area contributed by atoms with Crippen LogP contribution in [-0.2, 0) is 9.53 Å². The molecule has 4 rings (SSSR count). The highest BCUT2D eigenvalue weighted by Crippen LogP contribution is 2.24. The number of hydrogen-bond acceptors (Lipinski definition) is 6. The molecule has 0 bridgehead atoms. The monoisotopic (exact) mass is 390 g/mol. The molecule has 1 aromatic heterocycles. The lowest BCUT2D eigenvalue weighted by atomic mass is 10.1. The van der Waals surface area contributed by atoms with Crippen LogP contribution in [0.25, 0.3) is 6.08 Å². The zero-order valence-corrected chi connectivity index (χ0v) is 15.9. The van der Waals surface area contributed by atoms with Crippen LogP contribution in [-0.4, -0.2) is 42.4 Å². The second-order valence-corrected chi connectivity index (χ2v) is 6.62. The Morgan fingerprint density at radius 1 is 1.00 bits per heavy atom. The van der Waals surface area contributed by atoms with Crippen LogP contribution >= 0.6 is 0 Å². The van der Waals surface area contributed by atoms with Gasteiger partial charge in [-0.15, -0.1) is 5.10 Å². The Labute approximate surface area is 169 Å². The van der Waals surface area contributed by atoms with Crippen LogP contribution in [0.3, 0.4) is 0 Å². The van der Waals surface area contributed by atoms with Gasteiger partial charge in [-0.3, -0.25) is 4.79 Å². The lowest BCUT2D eigenvalue weighted by Gasteiger charge is -2.24. The third-order valence-electron chi connectivity index (χ3n) is 4.60. The quantitative estimate of drug-likeness (QED) is 0.652. The van der Waals surface area contributed by atoms with Gasteiger partial charge in [0.05, 0.1) is 13.2 Å². The average Bonchev–Trinajstić information content (AvgIpc) is 3.28. The van der Waals surface area contributed by atoms with Crippen LogP contribution in [0, 0.1) is 0 Å². The van der Waals surface area contributed by atoms with Crippen molar-refractivity contribution in [3.63, 3.8) is 0 Å². The van der Waals surface area contributed by atoms with Crippen LogP contribution in [0.15, 0.2) is 71.2 Å². The number of aromatic nitrogens is 2. The van der Waals surface area contributed by atoms with Crippen molar-refractivity contribution in [3.05, 3.63) is 83.8 Å². The van der Waals surface area contributed by atoms with Gasteiger partial charge in [-0.05, 0) is 17.2 Å². The normalized spacial score (nSPS) is 15.4. The number of morpholine rings is 1. The number of rotatable bonds is 6. The van der Waals surface area contributed by atoms with Gasteiger partial charge in [0.15, 0.2) is 0 Å². The van der Waals surface area contributed by atoms with Crippen molar-refractivity contribution >= 4 is 18.0 Å². The van der Waals surface area contributed by atoms with E-state index in [1.54, 1.807) is 6.08 Å². The molecule has 0 spiro atoms. The molecule has 148 valence electrons. The number of hydrogen-bond donors (Lipinski definition) is 1. The molecule has 7 nitrogen and oxygen atoms in total. The molecule has 7 heteroatoms. The van der Waals surface area contributed by atoms with Crippen LogP contribution in [0.5, 0.6) is 0 Å². The maximum Gasteiger partial charge on any atom is 0.318 e. The predicted octanol–water partition coefficient (Wildman–Crippen LogP) is 2.83. The lowest BCUT2D eigenvalue weighted by Crippen LogP contribution is -2.36. The van der Waals surface area contributed by atoms with E-state index in [9.17, 15) is 4.79 Å². The summed E-state index contributed by atoms with van der Waals surface area (Å²) in [5, 5.41) is 11.3. The summed E-state index contributed by atoms with van der Waals surface area (Å²) in [4.78, 5) is 14.6. The molecule has 3 aromatic rings. The van der Waals surface area contributed by atoms with Gasteiger partial charge < -0.3 is 19.4 Å². The van der Waals surface area contributed by atoms with Crippen molar-refractivity contribution < 1.29 is 13.9 Å². The molecule has 2 aromatic carbocycles. The zero-order chi connectivity index (χ0) is 19.9. The Morgan fingerprint density at radius 3 is 2.41 bits per heavy atom. The summed E-state index contributed by atoms with van der Waals surface area (Å²) in [5.41, 5.74) is 1.82. The molecule has 1 amide bonds. The fourth-order valence-electron chi connectivity index (χ4n) is 3.09. The Balaban J connectivity index is 1.53. The third-order valence-corrected chi connectivity index (χ3v) is 4.60. The van der Waals surface area contributed by atoms with E-state index in [2.05, 4.69) is 15.5 Å². The van der Waals surface area contributed by atoms with Crippen molar-refractivity contribution in [1.29, 1.82) is 0 Å². The fourth-order valence-corrected chi connectivity index (χ4v) is 3.09. The number of carbonyl (C=O) groups excluding carboxylic acids is 1. The fraction of sp³-hybridized carbons (Fsp3) is 0.227. The van der Waals surface area contributed by atoms with E-state index in [0.717, 1.165) is 11.1 Å². The predicted molar refractivity (Wildman–Crippen MR) is 109 cm³/mol. The molecular weight excluding hydrogens is 368 g/mol. The topological polar surface area (TPSA) is 80.5 Å². The minimum absolute atomic E-state index is 0.242. The highest BCUT2D eigenvalue weighted by atomic mass is 16.5. The molecule has 1 saturated heterocycles. The van der Waals surface area contributed by atoms with Crippen LogP contribution in [0.2, 0.25) is 0 Å². The van der Waals surface area contributed by atoms with Gasteiger partial charge in [0.25, 0.3) is 0 Å². The van der Waals surface area contributed by atoms with Gasteiger partial charge in [0.2, 0.25) is 11.8 Å². The summed E-state index contributed by atoms with van der Waals surface area (Å²) < 4.78 is 11.3. The van der Waals surface area contributed by atoms with Crippen LogP contribution in [0.4, 0.5) is 6.01 Å². The molecule has 29 heavy (non-hydrogen) atoms. The summed E-state index contributed by atoms with van der Waals surface area (Å²) >= 11 is 0. The number of nitrogens with one attached hydrogen (secondary N) is 1. The second kappa shape index (κ2) is 9.16. The van der Waals surface area contributed by atoms with E-state index >= 15 is 0 Å². The molecule has 0 radical (unpaired) electrons. The first-order valence-electron chi connectivity index (χ1n) is 9.54. The first kappa shape index (κ1) is 18.9. The average molecular weight is 390 g/mol. The smallest absolute Gasteiger partial charge is 0.318 e. The number of nitrogens with zero attached hydrogens (tertiary/aromatic N) is 3. The van der Waals surface area contributed by atoms with E-state index in [1.165, 1.54) is 6.08 Å². The van der Waals surface area contributed by atoms with Gasteiger partial charge in [-0.1, -0.05) is 65.8 Å². The number of ether oxygens (including phenoxy) is 1.